The van der Waals surface area contributed by atoms with E-state index in [1.807, 2.05) is 13.8 Å². The van der Waals surface area contributed by atoms with Gasteiger partial charge in [0.05, 0.1) is 0 Å². The van der Waals surface area contributed by atoms with Crippen molar-refractivity contribution in [3.63, 3.8) is 0 Å². The highest BCUT2D eigenvalue weighted by atomic mass is 19.1. The predicted molar refractivity (Wildman–Crippen MR) is 60.7 cm³/mol. The summed E-state index contributed by atoms with van der Waals surface area (Å²) in [5.74, 6) is -0.327. The molecule has 0 radical (unpaired) electrons. The van der Waals surface area contributed by atoms with E-state index >= 15 is 0 Å². The number of nitrogens with two attached hydrogens (primary N) is 1. The molecule has 0 saturated carbocycles. The van der Waals surface area contributed by atoms with Gasteiger partial charge in [-0.05, 0) is 26.0 Å². The summed E-state index contributed by atoms with van der Waals surface area (Å²) in [5, 5.41) is 2.97. The zero-order valence-electron chi connectivity index (χ0n) is 9.25. The second kappa shape index (κ2) is 3.75. The Kier molecular flexibility index (Phi) is 2.55. The van der Waals surface area contributed by atoms with Crippen molar-refractivity contribution in [2.24, 2.45) is 5.73 Å². The van der Waals surface area contributed by atoms with E-state index in [0.29, 0.717) is 23.7 Å². The standard InChI is InChI=1S/C11H14FN3O/c1-11(2,13)6-14-10-15-8-5-7(12)3-4-9(8)16-10/h3-5H,6,13H2,1-2H3,(H,14,15). The molecule has 2 aromatic rings. The summed E-state index contributed by atoms with van der Waals surface area (Å²) < 4.78 is 18.3. The third-order valence-corrected chi connectivity index (χ3v) is 2.04. The topological polar surface area (TPSA) is 64.1 Å². The Hall–Kier alpha value is -1.62. The van der Waals surface area contributed by atoms with E-state index in [1.54, 1.807) is 6.07 Å². The van der Waals surface area contributed by atoms with Crippen molar-refractivity contribution < 1.29 is 8.81 Å². The molecule has 0 unspecified atom stereocenters. The van der Waals surface area contributed by atoms with E-state index < -0.39 is 0 Å². The molecule has 5 heteroatoms. The van der Waals surface area contributed by atoms with Crippen molar-refractivity contribution in [1.82, 2.24) is 4.98 Å². The SMILES string of the molecule is CC(C)(N)CNc1nc2cc(F)ccc2o1. The lowest BCUT2D eigenvalue weighted by molar-refractivity contribution is 0.530. The van der Waals surface area contributed by atoms with Gasteiger partial charge in [-0.2, -0.15) is 4.98 Å². The van der Waals surface area contributed by atoms with Gasteiger partial charge in [0.2, 0.25) is 0 Å². The summed E-state index contributed by atoms with van der Waals surface area (Å²) in [5.41, 5.74) is 6.51. The Morgan fingerprint density at radius 3 is 2.94 bits per heavy atom. The molecule has 4 nitrogen and oxygen atoms in total. The van der Waals surface area contributed by atoms with Crippen molar-refractivity contribution in [2.45, 2.75) is 19.4 Å². The number of aromatic nitrogens is 1. The molecule has 0 saturated heterocycles. The van der Waals surface area contributed by atoms with E-state index in [9.17, 15) is 4.39 Å². The number of fused-ring (bicyclic) bond motifs is 1. The van der Waals surface area contributed by atoms with Gasteiger partial charge in [0.15, 0.2) is 5.58 Å². The van der Waals surface area contributed by atoms with Crippen molar-refractivity contribution in [3.8, 4) is 0 Å². The molecule has 0 aliphatic rings. The molecular weight excluding hydrogens is 209 g/mol. The normalized spacial score (nSPS) is 12.0. The number of nitrogens with zero attached hydrogens (tertiary/aromatic N) is 1. The van der Waals surface area contributed by atoms with Crippen LogP contribution in [0.4, 0.5) is 10.4 Å². The monoisotopic (exact) mass is 223 g/mol. The van der Waals surface area contributed by atoms with Gasteiger partial charge in [0.25, 0.3) is 6.01 Å². The van der Waals surface area contributed by atoms with E-state index in [-0.39, 0.29) is 11.4 Å². The Balaban J connectivity index is 2.20. The second-order valence-electron chi connectivity index (χ2n) is 4.47. The number of hydrogen-bond acceptors (Lipinski definition) is 4. The molecule has 16 heavy (non-hydrogen) atoms. The van der Waals surface area contributed by atoms with Crippen molar-refractivity contribution in [1.29, 1.82) is 0 Å². The molecule has 1 aromatic carbocycles. The largest absolute Gasteiger partial charge is 0.424 e. The maximum atomic E-state index is 12.9. The van der Waals surface area contributed by atoms with Gasteiger partial charge in [0, 0.05) is 18.2 Å². The molecule has 0 bridgehead atoms. The molecule has 0 amide bonds. The lowest BCUT2D eigenvalue weighted by atomic mass is 10.1. The minimum Gasteiger partial charge on any atom is -0.424 e. The molecule has 1 heterocycles. The lowest BCUT2D eigenvalue weighted by Gasteiger charge is -2.17. The van der Waals surface area contributed by atoms with Crippen LogP contribution in [0.1, 0.15) is 13.8 Å². The van der Waals surface area contributed by atoms with Gasteiger partial charge < -0.3 is 15.5 Å². The van der Waals surface area contributed by atoms with Gasteiger partial charge in [-0.25, -0.2) is 4.39 Å². The zero-order chi connectivity index (χ0) is 11.8. The minimum absolute atomic E-state index is 0.327. The summed E-state index contributed by atoms with van der Waals surface area (Å²) in [6, 6.07) is 4.58. The molecular formula is C11H14FN3O. The fourth-order valence-corrected chi connectivity index (χ4v) is 1.28. The average Bonchev–Trinajstić information content (AvgIpc) is 2.55. The van der Waals surface area contributed by atoms with E-state index in [0.717, 1.165) is 0 Å². The molecule has 0 spiro atoms. The first-order valence-electron chi connectivity index (χ1n) is 5.03. The van der Waals surface area contributed by atoms with Gasteiger partial charge in [-0.3, -0.25) is 0 Å². The summed E-state index contributed by atoms with van der Waals surface area (Å²) >= 11 is 0. The van der Waals surface area contributed by atoms with Crippen LogP contribution in [0.15, 0.2) is 22.6 Å². The van der Waals surface area contributed by atoms with Crippen LogP contribution >= 0.6 is 0 Å². The van der Waals surface area contributed by atoms with E-state index in [4.69, 9.17) is 10.2 Å². The van der Waals surface area contributed by atoms with Crippen molar-refractivity contribution in [3.05, 3.63) is 24.0 Å². The highest BCUT2D eigenvalue weighted by Crippen LogP contribution is 2.19. The van der Waals surface area contributed by atoms with Crippen LogP contribution < -0.4 is 11.1 Å². The van der Waals surface area contributed by atoms with Crippen LogP contribution in [0.5, 0.6) is 0 Å². The van der Waals surface area contributed by atoms with Crippen LogP contribution in [-0.4, -0.2) is 17.1 Å². The summed E-state index contributed by atoms with van der Waals surface area (Å²) in [7, 11) is 0. The van der Waals surface area contributed by atoms with Gasteiger partial charge >= 0.3 is 0 Å². The number of benzene rings is 1. The molecule has 86 valence electrons. The lowest BCUT2D eigenvalue weighted by Crippen LogP contribution is -2.39. The number of rotatable bonds is 3. The maximum Gasteiger partial charge on any atom is 0.295 e. The van der Waals surface area contributed by atoms with E-state index in [2.05, 4.69) is 10.3 Å². The van der Waals surface area contributed by atoms with Gasteiger partial charge in [-0.15, -0.1) is 0 Å². The van der Waals surface area contributed by atoms with Crippen molar-refractivity contribution >= 4 is 17.1 Å². The molecule has 0 fully saturated rings. The first-order chi connectivity index (χ1) is 7.44. The Morgan fingerprint density at radius 1 is 1.50 bits per heavy atom. The molecule has 2 rings (SSSR count). The number of hydrogen-bond donors (Lipinski definition) is 2. The summed E-state index contributed by atoms with van der Waals surface area (Å²) in [6.45, 7) is 4.31. The predicted octanol–water partition coefficient (Wildman–Crippen LogP) is 2.12. The Morgan fingerprint density at radius 2 is 2.25 bits per heavy atom. The smallest absolute Gasteiger partial charge is 0.295 e. The van der Waals surface area contributed by atoms with Crippen molar-refractivity contribution in [2.75, 3.05) is 11.9 Å². The minimum atomic E-state index is -0.355. The average molecular weight is 223 g/mol. The third kappa shape index (κ3) is 2.49. The van der Waals surface area contributed by atoms with Crippen LogP contribution in [0.25, 0.3) is 11.1 Å². The first kappa shape index (κ1) is 10.9. The molecule has 0 aliphatic heterocycles. The Bertz CT molecular complexity index is 501. The molecule has 0 atom stereocenters. The third-order valence-electron chi connectivity index (χ3n) is 2.04. The molecule has 0 aliphatic carbocycles. The van der Waals surface area contributed by atoms with Crippen LogP contribution in [-0.2, 0) is 0 Å². The maximum absolute atomic E-state index is 12.9. The van der Waals surface area contributed by atoms with Crippen LogP contribution in [0.2, 0.25) is 0 Å². The number of anilines is 1. The van der Waals surface area contributed by atoms with E-state index in [1.165, 1.54) is 12.1 Å². The van der Waals surface area contributed by atoms with Crippen LogP contribution in [0, 0.1) is 5.82 Å². The quantitative estimate of drug-likeness (QED) is 0.836. The highest BCUT2D eigenvalue weighted by molar-refractivity contribution is 5.74. The Labute approximate surface area is 92.6 Å². The molecule has 3 N–H and O–H groups in total. The van der Waals surface area contributed by atoms with Crippen LogP contribution in [0.3, 0.4) is 0 Å². The highest BCUT2D eigenvalue weighted by Gasteiger charge is 2.12. The van der Waals surface area contributed by atoms with Gasteiger partial charge in [0.1, 0.15) is 11.3 Å². The fourth-order valence-electron chi connectivity index (χ4n) is 1.28. The summed E-state index contributed by atoms with van der Waals surface area (Å²) in [4.78, 5) is 4.10. The summed E-state index contributed by atoms with van der Waals surface area (Å²) in [6.07, 6.45) is 0. The number of oxazole rings is 1. The number of halogens is 1. The second-order valence-corrected chi connectivity index (χ2v) is 4.47. The molecule has 1 aromatic heterocycles. The van der Waals surface area contributed by atoms with Gasteiger partial charge in [-0.1, -0.05) is 0 Å². The fraction of sp³-hybridized carbons (Fsp3) is 0.364. The first-order valence-corrected chi connectivity index (χ1v) is 5.03. The zero-order valence-corrected chi connectivity index (χ0v) is 9.25. The number of nitrogens with one attached hydrogen (secondary N) is 1.